The van der Waals surface area contributed by atoms with Crippen LogP contribution in [0.3, 0.4) is 0 Å². The van der Waals surface area contributed by atoms with Gasteiger partial charge in [-0.05, 0) is 19.3 Å². The summed E-state index contributed by atoms with van der Waals surface area (Å²) >= 11 is 0. The van der Waals surface area contributed by atoms with E-state index in [4.69, 9.17) is 5.11 Å². The molecule has 0 amide bonds. The average Bonchev–Trinajstić information content (AvgIpc) is 2.65. The molecule has 3 heteroatoms. The van der Waals surface area contributed by atoms with E-state index in [1.165, 1.54) is 89.9 Å². The summed E-state index contributed by atoms with van der Waals surface area (Å²) in [6.45, 7) is 6.64. The highest BCUT2D eigenvalue weighted by Gasteiger charge is 2.03. The van der Waals surface area contributed by atoms with Gasteiger partial charge in [-0.2, -0.15) is 0 Å². The van der Waals surface area contributed by atoms with Crippen molar-refractivity contribution in [2.75, 3.05) is 0 Å². The van der Waals surface area contributed by atoms with Crippen LogP contribution in [0.4, 0.5) is 0 Å². The van der Waals surface area contributed by atoms with E-state index in [0.717, 1.165) is 25.7 Å². The van der Waals surface area contributed by atoms with E-state index < -0.39 is 5.97 Å². The Hall–Kier alpha value is -0.570. The Morgan fingerprint density at radius 1 is 0.593 bits per heavy atom. The van der Waals surface area contributed by atoms with Crippen LogP contribution in [0.2, 0.25) is 0 Å². The molecule has 0 heterocycles. The summed E-state index contributed by atoms with van der Waals surface area (Å²) in [5, 5.41) is 18.1. The molecule has 0 bridgehead atoms. The number of aliphatic hydroxyl groups is 1. The molecule has 0 spiro atoms. The molecule has 27 heavy (non-hydrogen) atoms. The van der Waals surface area contributed by atoms with E-state index in [1.807, 2.05) is 0 Å². The van der Waals surface area contributed by atoms with E-state index in [-0.39, 0.29) is 6.10 Å². The first kappa shape index (κ1) is 28.6. The molecule has 1 unspecified atom stereocenters. The van der Waals surface area contributed by atoms with Gasteiger partial charge < -0.3 is 10.2 Å². The first-order chi connectivity index (χ1) is 13.1. The van der Waals surface area contributed by atoms with Crippen LogP contribution in [0.15, 0.2) is 0 Å². The Balaban J connectivity index is 0. The number of carboxylic acid groups (broad SMARTS) is 1. The predicted molar refractivity (Wildman–Crippen MR) is 118 cm³/mol. The largest absolute Gasteiger partial charge is 0.481 e. The van der Waals surface area contributed by atoms with Gasteiger partial charge in [-0.25, -0.2) is 0 Å². The molecule has 0 fully saturated rings. The van der Waals surface area contributed by atoms with Gasteiger partial charge in [-0.1, -0.05) is 117 Å². The molecule has 0 aromatic carbocycles. The molecular weight excluding hydrogens is 336 g/mol. The van der Waals surface area contributed by atoms with Gasteiger partial charge in [0, 0.05) is 6.42 Å². The molecule has 1 atom stereocenters. The molecule has 2 N–H and O–H groups in total. The molecule has 3 nitrogen and oxygen atoms in total. The van der Waals surface area contributed by atoms with E-state index in [0.29, 0.717) is 6.42 Å². The van der Waals surface area contributed by atoms with Gasteiger partial charge >= 0.3 is 5.97 Å². The van der Waals surface area contributed by atoms with Gasteiger partial charge in [0.25, 0.3) is 0 Å². The zero-order chi connectivity index (χ0) is 20.6. The highest BCUT2D eigenvalue weighted by Crippen LogP contribution is 2.13. The zero-order valence-corrected chi connectivity index (χ0v) is 18.8. The van der Waals surface area contributed by atoms with Crippen molar-refractivity contribution in [1.29, 1.82) is 0 Å². The summed E-state index contributed by atoms with van der Waals surface area (Å²) < 4.78 is 0. The minimum absolute atomic E-state index is 0.0255. The zero-order valence-electron chi connectivity index (χ0n) is 18.8. The smallest absolute Gasteiger partial charge is 0.303 e. The van der Waals surface area contributed by atoms with Crippen molar-refractivity contribution in [3.63, 3.8) is 0 Å². The topological polar surface area (TPSA) is 57.5 Å². The third-order valence-electron chi connectivity index (χ3n) is 5.03. The fourth-order valence-corrected chi connectivity index (χ4v) is 3.17. The molecule has 0 saturated heterocycles. The summed E-state index contributed by atoms with van der Waals surface area (Å²) in [7, 11) is 0. The SMILES string of the molecule is CCCCCCCC(=O)O.CCCCCCCCCC(O)CCCCCC. The van der Waals surface area contributed by atoms with Gasteiger partial charge in [-0.3, -0.25) is 4.79 Å². The monoisotopic (exact) mass is 386 g/mol. The summed E-state index contributed by atoms with van der Waals surface area (Å²) in [6, 6.07) is 0. The van der Waals surface area contributed by atoms with Crippen molar-refractivity contribution < 1.29 is 15.0 Å². The quantitative estimate of drug-likeness (QED) is 0.222. The molecule has 0 aromatic rings. The molecule has 0 aliphatic carbocycles. The van der Waals surface area contributed by atoms with Crippen LogP contribution in [-0.2, 0) is 4.79 Å². The first-order valence-electron chi connectivity index (χ1n) is 12.0. The fourth-order valence-electron chi connectivity index (χ4n) is 3.17. The fraction of sp³-hybridized carbons (Fsp3) is 0.958. The molecule has 0 rings (SSSR count). The van der Waals surface area contributed by atoms with Gasteiger partial charge in [0.1, 0.15) is 0 Å². The molecule has 0 aliphatic heterocycles. The number of hydrogen-bond acceptors (Lipinski definition) is 2. The summed E-state index contributed by atoms with van der Waals surface area (Å²) in [5.74, 6) is -0.670. The number of aliphatic hydroxyl groups excluding tert-OH is 1. The number of carboxylic acids is 1. The van der Waals surface area contributed by atoms with Crippen LogP contribution in [-0.4, -0.2) is 22.3 Å². The van der Waals surface area contributed by atoms with Gasteiger partial charge in [0.15, 0.2) is 0 Å². The van der Waals surface area contributed by atoms with Crippen LogP contribution in [0.25, 0.3) is 0 Å². The van der Waals surface area contributed by atoms with Gasteiger partial charge in [0.2, 0.25) is 0 Å². The third-order valence-corrected chi connectivity index (χ3v) is 5.03. The normalized spacial score (nSPS) is 11.7. The van der Waals surface area contributed by atoms with Crippen LogP contribution in [0.5, 0.6) is 0 Å². The number of unbranched alkanes of at least 4 members (excludes halogenated alkanes) is 13. The number of rotatable bonds is 19. The van der Waals surface area contributed by atoms with Crippen molar-refractivity contribution in [2.45, 2.75) is 149 Å². The van der Waals surface area contributed by atoms with E-state index in [9.17, 15) is 9.90 Å². The van der Waals surface area contributed by atoms with Crippen LogP contribution in [0, 0.1) is 0 Å². The second kappa shape index (κ2) is 25.4. The highest BCUT2D eigenvalue weighted by molar-refractivity contribution is 5.66. The average molecular weight is 387 g/mol. The predicted octanol–water partition coefficient (Wildman–Crippen LogP) is 7.89. The van der Waals surface area contributed by atoms with E-state index >= 15 is 0 Å². The maximum atomic E-state index is 10.0. The Kier molecular flexibility index (Phi) is 27.0. The Morgan fingerprint density at radius 3 is 1.33 bits per heavy atom. The van der Waals surface area contributed by atoms with Crippen molar-refractivity contribution in [2.24, 2.45) is 0 Å². The van der Waals surface area contributed by atoms with Crippen molar-refractivity contribution in [1.82, 2.24) is 0 Å². The number of aliphatic carboxylic acids is 1. The molecule has 0 radical (unpaired) electrons. The maximum absolute atomic E-state index is 10.0. The van der Waals surface area contributed by atoms with Gasteiger partial charge in [0.05, 0.1) is 6.10 Å². The maximum Gasteiger partial charge on any atom is 0.303 e. The lowest BCUT2D eigenvalue weighted by Crippen LogP contribution is -2.05. The highest BCUT2D eigenvalue weighted by atomic mass is 16.4. The lowest BCUT2D eigenvalue weighted by atomic mass is 10.0. The molecule has 0 saturated carbocycles. The summed E-state index contributed by atoms with van der Waals surface area (Å²) in [6.07, 6.45) is 22.4. The Bertz CT molecular complexity index is 279. The van der Waals surface area contributed by atoms with E-state index in [2.05, 4.69) is 20.8 Å². The van der Waals surface area contributed by atoms with Crippen molar-refractivity contribution >= 4 is 5.97 Å². The molecular formula is C24H50O3. The Morgan fingerprint density at radius 2 is 0.926 bits per heavy atom. The molecule has 0 aromatic heterocycles. The lowest BCUT2D eigenvalue weighted by Gasteiger charge is -2.09. The van der Waals surface area contributed by atoms with Crippen molar-refractivity contribution in [3.8, 4) is 0 Å². The van der Waals surface area contributed by atoms with Gasteiger partial charge in [-0.15, -0.1) is 0 Å². The lowest BCUT2D eigenvalue weighted by molar-refractivity contribution is -0.137. The Labute approximate surface area is 170 Å². The summed E-state index contributed by atoms with van der Waals surface area (Å²) in [5.41, 5.74) is 0. The van der Waals surface area contributed by atoms with Crippen LogP contribution >= 0.6 is 0 Å². The van der Waals surface area contributed by atoms with Crippen molar-refractivity contribution in [3.05, 3.63) is 0 Å². The first-order valence-corrected chi connectivity index (χ1v) is 12.0. The second-order valence-electron chi connectivity index (χ2n) is 7.97. The minimum Gasteiger partial charge on any atom is -0.481 e. The molecule has 164 valence electrons. The van der Waals surface area contributed by atoms with Crippen LogP contribution in [0.1, 0.15) is 143 Å². The number of hydrogen-bond donors (Lipinski definition) is 2. The van der Waals surface area contributed by atoms with Crippen LogP contribution < -0.4 is 0 Å². The second-order valence-corrected chi connectivity index (χ2v) is 7.97. The summed E-state index contributed by atoms with van der Waals surface area (Å²) in [4.78, 5) is 10.0. The standard InChI is InChI=1S/C16H34O.C8H16O2/c1-3-5-7-9-10-11-13-15-16(17)14-12-8-6-4-2;1-2-3-4-5-6-7-8(9)10/h16-17H,3-15H2,1-2H3;2-7H2,1H3,(H,9,10). The van der Waals surface area contributed by atoms with E-state index in [1.54, 1.807) is 0 Å². The minimum atomic E-state index is -0.670. The number of carbonyl (C=O) groups is 1. The molecule has 0 aliphatic rings. The third kappa shape index (κ3) is 30.4.